The van der Waals surface area contributed by atoms with E-state index in [1.54, 1.807) is 0 Å². The molecule has 1 N–H and O–H groups in total. The van der Waals surface area contributed by atoms with Crippen molar-refractivity contribution in [3.63, 3.8) is 0 Å². The Hall–Kier alpha value is -0.820. The number of nitrogens with zero attached hydrogens (tertiary/aromatic N) is 1. The van der Waals surface area contributed by atoms with E-state index in [0.717, 1.165) is 4.90 Å². The third kappa shape index (κ3) is 5.88. The fourth-order valence-corrected chi connectivity index (χ4v) is 1.47. The summed E-state index contributed by atoms with van der Waals surface area (Å²) >= 11 is 0. The van der Waals surface area contributed by atoms with Gasteiger partial charge in [-0.05, 0) is 12.8 Å². The zero-order chi connectivity index (χ0) is 12.9. The predicted octanol–water partition coefficient (Wildman–Crippen LogP) is 0.776. The van der Waals surface area contributed by atoms with Gasteiger partial charge in [0.05, 0.1) is 13.2 Å². The number of halogens is 3. The van der Waals surface area contributed by atoms with Gasteiger partial charge in [-0.2, -0.15) is 13.2 Å². The molecule has 0 atom stereocenters. The van der Waals surface area contributed by atoms with Crippen LogP contribution in [-0.4, -0.2) is 56.4 Å². The average molecular weight is 254 g/mol. The van der Waals surface area contributed by atoms with E-state index >= 15 is 0 Å². The number of alkyl halides is 3. The highest BCUT2D eigenvalue weighted by Gasteiger charge is 2.40. The Morgan fingerprint density at radius 3 is 2.59 bits per heavy atom. The molecule has 1 fully saturated rings. The summed E-state index contributed by atoms with van der Waals surface area (Å²) in [5, 5.41) is 2.75. The van der Waals surface area contributed by atoms with Crippen LogP contribution in [0.1, 0.15) is 12.8 Å². The predicted molar refractivity (Wildman–Crippen MR) is 55.5 cm³/mol. The summed E-state index contributed by atoms with van der Waals surface area (Å²) in [7, 11) is 1.52. The average Bonchev–Trinajstić information content (AvgIpc) is 3.03. The maximum Gasteiger partial charge on any atom is 0.406 e. The second-order valence-corrected chi connectivity index (χ2v) is 4.04. The number of rotatable bonds is 7. The largest absolute Gasteiger partial charge is 0.406 e. The van der Waals surface area contributed by atoms with Crippen LogP contribution in [0.25, 0.3) is 0 Å². The highest BCUT2D eigenvalue weighted by Crippen LogP contribution is 2.29. The van der Waals surface area contributed by atoms with Gasteiger partial charge in [0.2, 0.25) is 5.91 Å². The molecule has 1 aliphatic carbocycles. The molecule has 0 aromatic carbocycles. The molecule has 0 unspecified atom stereocenters. The molecule has 1 rings (SSSR count). The summed E-state index contributed by atoms with van der Waals surface area (Å²) in [6.45, 7) is -0.346. The van der Waals surface area contributed by atoms with Crippen molar-refractivity contribution in [1.82, 2.24) is 10.2 Å². The quantitative estimate of drug-likeness (QED) is 0.682. The Bertz CT molecular complexity index is 254. The topological polar surface area (TPSA) is 41.6 Å². The van der Waals surface area contributed by atoms with Gasteiger partial charge in [0, 0.05) is 19.7 Å². The van der Waals surface area contributed by atoms with Crippen molar-refractivity contribution in [3.05, 3.63) is 0 Å². The highest BCUT2D eigenvalue weighted by atomic mass is 19.4. The fraction of sp³-hybridized carbons (Fsp3) is 0.900. The Morgan fingerprint density at radius 1 is 1.47 bits per heavy atom. The lowest BCUT2D eigenvalue weighted by molar-refractivity contribution is -0.161. The molecule has 0 spiro atoms. The summed E-state index contributed by atoms with van der Waals surface area (Å²) in [4.78, 5) is 12.5. The van der Waals surface area contributed by atoms with Crippen molar-refractivity contribution in [2.75, 3.05) is 33.4 Å². The van der Waals surface area contributed by atoms with Crippen molar-refractivity contribution in [2.45, 2.75) is 25.1 Å². The van der Waals surface area contributed by atoms with E-state index < -0.39 is 18.6 Å². The van der Waals surface area contributed by atoms with E-state index in [2.05, 4.69) is 5.32 Å². The molecule has 7 heteroatoms. The molecular weight excluding hydrogens is 237 g/mol. The molecule has 0 aromatic heterocycles. The Labute approximate surface area is 98.1 Å². The van der Waals surface area contributed by atoms with Crippen LogP contribution in [0.15, 0.2) is 0 Å². The Kier molecular flexibility index (Phi) is 5.20. The van der Waals surface area contributed by atoms with E-state index in [0.29, 0.717) is 26.0 Å². The minimum atomic E-state index is -4.33. The molecule has 0 bridgehead atoms. The molecule has 0 saturated heterocycles. The summed E-state index contributed by atoms with van der Waals surface area (Å²) in [5.74, 6) is -0.499. The van der Waals surface area contributed by atoms with Crippen LogP contribution in [0.5, 0.6) is 0 Å². The highest BCUT2D eigenvalue weighted by molar-refractivity contribution is 5.79. The van der Waals surface area contributed by atoms with Gasteiger partial charge < -0.3 is 15.0 Å². The first-order valence-electron chi connectivity index (χ1n) is 5.50. The normalized spacial score (nSPS) is 16.0. The lowest BCUT2D eigenvalue weighted by Gasteiger charge is -2.23. The summed E-state index contributed by atoms with van der Waals surface area (Å²) in [6, 6.07) is -0.228. The number of carbonyl (C=O) groups excluding carboxylic acids is 1. The van der Waals surface area contributed by atoms with Crippen LogP contribution in [0, 0.1) is 0 Å². The molecule has 17 heavy (non-hydrogen) atoms. The number of methoxy groups -OCH3 is 1. The van der Waals surface area contributed by atoms with Crippen molar-refractivity contribution in [2.24, 2.45) is 0 Å². The molecule has 0 radical (unpaired) electrons. The molecule has 1 saturated carbocycles. The van der Waals surface area contributed by atoms with Crippen LogP contribution in [0.2, 0.25) is 0 Å². The van der Waals surface area contributed by atoms with Gasteiger partial charge in [0.15, 0.2) is 0 Å². The van der Waals surface area contributed by atoms with Gasteiger partial charge >= 0.3 is 6.18 Å². The number of carbonyl (C=O) groups is 1. The smallest absolute Gasteiger partial charge is 0.383 e. The summed E-state index contributed by atoms with van der Waals surface area (Å²) < 4.78 is 41.5. The number of ether oxygens (including phenoxy) is 1. The summed E-state index contributed by atoms with van der Waals surface area (Å²) in [5.41, 5.74) is 0. The van der Waals surface area contributed by atoms with Crippen LogP contribution < -0.4 is 5.32 Å². The number of hydrogen-bond donors (Lipinski definition) is 1. The van der Waals surface area contributed by atoms with Crippen molar-refractivity contribution < 1.29 is 22.7 Å². The van der Waals surface area contributed by atoms with Crippen molar-refractivity contribution in [3.8, 4) is 0 Å². The second-order valence-electron chi connectivity index (χ2n) is 4.04. The minimum absolute atomic E-state index is 0.0735. The molecule has 0 aromatic rings. The third-order valence-corrected chi connectivity index (χ3v) is 2.42. The summed E-state index contributed by atoms with van der Waals surface area (Å²) in [6.07, 6.45) is -3.00. The van der Waals surface area contributed by atoms with Crippen molar-refractivity contribution in [1.29, 1.82) is 0 Å². The van der Waals surface area contributed by atoms with Gasteiger partial charge in [-0.1, -0.05) is 0 Å². The van der Waals surface area contributed by atoms with Crippen LogP contribution >= 0.6 is 0 Å². The Balaban J connectivity index is 2.33. The molecule has 1 amide bonds. The lowest BCUT2D eigenvalue weighted by atomic mass is 10.4. The van der Waals surface area contributed by atoms with Crippen LogP contribution in [0.3, 0.4) is 0 Å². The van der Waals surface area contributed by atoms with Gasteiger partial charge in [0.1, 0.15) is 6.54 Å². The SMILES string of the molecule is COCCNCC(=O)N(CC(F)(F)F)C1CC1. The monoisotopic (exact) mass is 254 g/mol. The first-order valence-corrected chi connectivity index (χ1v) is 5.50. The standard InChI is InChI=1S/C10H17F3N2O2/c1-17-5-4-14-6-9(16)15(8-2-3-8)7-10(11,12)13/h8,14H,2-7H2,1H3. The van der Waals surface area contributed by atoms with Gasteiger partial charge in [0.25, 0.3) is 0 Å². The molecule has 0 heterocycles. The first kappa shape index (κ1) is 14.2. The maximum absolute atomic E-state index is 12.3. The van der Waals surface area contributed by atoms with Crippen molar-refractivity contribution >= 4 is 5.91 Å². The van der Waals surface area contributed by atoms with E-state index in [4.69, 9.17) is 4.74 Å². The first-order chi connectivity index (χ1) is 7.94. The van der Waals surface area contributed by atoms with E-state index in [-0.39, 0.29) is 12.6 Å². The minimum Gasteiger partial charge on any atom is -0.383 e. The lowest BCUT2D eigenvalue weighted by Crippen LogP contribution is -2.45. The zero-order valence-corrected chi connectivity index (χ0v) is 9.72. The van der Waals surface area contributed by atoms with Crippen LogP contribution in [-0.2, 0) is 9.53 Å². The van der Waals surface area contributed by atoms with E-state index in [1.165, 1.54) is 7.11 Å². The van der Waals surface area contributed by atoms with E-state index in [9.17, 15) is 18.0 Å². The third-order valence-electron chi connectivity index (χ3n) is 2.42. The maximum atomic E-state index is 12.3. The molecule has 100 valence electrons. The van der Waals surface area contributed by atoms with Crippen LogP contribution in [0.4, 0.5) is 13.2 Å². The number of nitrogens with one attached hydrogen (secondary N) is 1. The number of hydrogen-bond acceptors (Lipinski definition) is 3. The molecular formula is C10H17F3N2O2. The van der Waals surface area contributed by atoms with E-state index in [1.807, 2.05) is 0 Å². The molecule has 1 aliphatic rings. The van der Waals surface area contributed by atoms with Gasteiger partial charge in [-0.25, -0.2) is 0 Å². The fourth-order valence-electron chi connectivity index (χ4n) is 1.47. The molecule has 4 nitrogen and oxygen atoms in total. The second kappa shape index (κ2) is 6.20. The zero-order valence-electron chi connectivity index (χ0n) is 9.72. The van der Waals surface area contributed by atoms with Gasteiger partial charge in [-0.15, -0.1) is 0 Å². The Morgan fingerprint density at radius 2 is 2.12 bits per heavy atom. The molecule has 0 aliphatic heterocycles. The van der Waals surface area contributed by atoms with Gasteiger partial charge in [-0.3, -0.25) is 4.79 Å². The number of amides is 1.